The Kier molecular flexibility index (Phi) is 5.48. The third-order valence-corrected chi connectivity index (χ3v) is 3.77. The van der Waals surface area contributed by atoms with Gasteiger partial charge in [0, 0.05) is 30.6 Å². The maximum absolute atomic E-state index is 12.2. The molecule has 10 heteroatoms. The Labute approximate surface area is 158 Å². The largest absolute Gasteiger partial charge is 0.468 e. The number of hydrogen-bond donors (Lipinski definition) is 1. The molecule has 0 aliphatic carbocycles. The van der Waals surface area contributed by atoms with Crippen molar-refractivity contribution in [2.75, 3.05) is 11.9 Å². The summed E-state index contributed by atoms with van der Waals surface area (Å²) in [4.78, 5) is 20.0. The SMILES string of the molecule is CC(C)C(=O)Nc1nccc2nn(Cc3ccc(OCC(F)(F)F)nc3)cc12. The molecular formula is C18H18F3N5O2. The number of nitrogens with one attached hydrogen (secondary N) is 1. The lowest BCUT2D eigenvalue weighted by Gasteiger charge is -2.08. The topological polar surface area (TPSA) is 81.9 Å². The minimum Gasteiger partial charge on any atom is -0.468 e. The standard InChI is InChI=1S/C18H18F3N5O2/c1-11(2)17(27)24-16-13-9-26(25-14(13)5-6-22-16)8-12-3-4-15(23-7-12)28-10-18(19,20)21/h3-7,9,11H,8,10H2,1-2H3,(H,22,24,27). The number of nitrogens with zero attached hydrogens (tertiary/aromatic N) is 4. The van der Waals surface area contributed by atoms with Gasteiger partial charge in [-0.05, 0) is 11.6 Å². The lowest BCUT2D eigenvalue weighted by molar-refractivity contribution is -0.154. The van der Waals surface area contributed by atoms with E-state index in [1.165, 1.54) is 12.3 Å². The minimum atomic E-state index is -4.41. The van der Waals surface area contributed by atoms with E-state index < -0.39 is 12.8 Å². The zero-order chi connectivity index (χ0) is 20.3. The molecule has 0 spiro atoms. The summed E-state index contributed by atoms with van der Waals surface area (Å²) in [5.41, 5.74) is 1.39. The van der Waals surface area contributed by atoms with Gasteiger partial charge in [0.2, 0.25) is 11.8 Å². The molecule has 1 N–H and O–H groups in total. The highest BCUT2D eigenvalue weighted by molar-refractivity contribution is 5.99. The number of carbonyl (C=O) groups is 1. The second-order valence-electron chi connectivity index (χ2n) is 6.47. The van der Waals surface area contributed by atoms with Crippen molar-refractivity contribution in [3.63, 3.8) is 0 Å². The number of amides is 1. The highest BCUT2D eigenvalue weighted by Gasteiger charge is 2.28. The van der Waals surface area contributed by atoms with Crippen molar-refractivity contribution >= 4 is 22.6 Å². The fraction of sp³-hybridized carbons (Fsp3) is 0.333. The van der Waals surface area contributed by atoms with E-state index in [1.54, 1.807) is 43.1 Å². The molecule has 0 aromatic carbocycles. The number of ether oxygens (including phenoxy) is 1. The average molecular weight is 393 g/mol. The zero-order valence-corrected chi connectivity index (χ0v) is 15.2. The second kappa shape index (κ2) is 7.83. The van der Waals surface area contributed by atoms with Crippen LogP contribution in [-0.2, 0) is 11.3 Å². The fourth-order valence-electron chi connectivity index (χ4n) is 2.37. The fourth-order valence-corrected chi connectivity index (χ4v) is 2.37. The molecule has 148 valence electrons. The van der Waals surface area contributed by atoms with Crippen LogP contribution in [0.4, 0.5) is 19.0 Å². The van der Waals surface area contributed by atoms with Crippen LogP contribution in [0.1, 0.15) is 19.4 Å². The molecule has 0 fully saturated rings. The van der Waals surface area contributed by atoms with Crippen molar-refractivity contribution in [1.29, 1.82) is 0 Å². The molecule has 1 amide bonds. The van der Waals surface area contributed by atoms with Crippen LogP contribution in [0.15, 0.2) is 36.8 Å². The summed E-state index contributed by atoms with van der Waals surface area (Å²) in [5, 5.41) is 7.89. The predicted molar refractivity (Wildman–Crippen MR) is 95.9 cm³/mol. The Morgan fingerprint density at radius 3 is 2.68 bits per heavy atom. The van der Waals surface area contributed by atoms with E-state index in [2.05, 4.69) is 25.1 Å². The van der Waals surface area contributed by atoms with Gasteiger partial charge in [-0.2, -0.15) is 18.3 Å². The molecular weight excluding hydrogens is 375 g/mol. The van der Waals surface area contributed by atoms with E-state index in [0.29, 0.717) is 23.3 Å². The van der Waals surface area contributed by atoms with Crippen LogP contribution >= 0.6 is 0 Å². The summed E-state index contributed by atoms with van der Waals surface area (Å²) in [5.74, 6) is -0.00582. The first-order valence-corrected chi connectivity index (χ1v) is 8.49. The van der Waals surface area contributed by atoms with Crippen LogP contribution < -0.4 is 10.1 Å². The van der Waals surface area contributed by atoms with E-state index in [9.17, 15) is 18.0 Å². The molecule has 28 heavy (non-hydrogen) atoms. The molecule has 3 aromatic rings. The number of anilines is 1. The first kappa shape index (κ1) is 19.6. The van der Waals surface area contributed by atoms with Crippen LogP contribution in [0.3, 0.4) is 0 Å². The van der Waals surface area contributed by atoms with E-state index >= 15 is 0 Å². The Morgan fingerprint density at radius 1 is 1.25 bits per heavy atom. The summed E-state index contributed by atoms with van der Waals surface area (Å²) < 4.78 is 42.7. The summed E-state index contributed by atoms with van der Waals surface area (Å²) in [7, 11) is 0. The van der Waals surface area contributed by atoms with Gasteiger partial charge < -0.3 is 10.1 Å². The lowest BCUT2D eigenvalue weighted by atomic mass is 10.2. The molecule has 0 radical (unpaired) electrons. The first-order chi connectivity index (χ1) is 13.2. The van der Waals surface area contributed by atoms with E-state index in [-0.39, 0.29) is 17.7 Å². The number of fused-ring (bicyclic) bond motifs is 1. The molecule has 3 heterocycles. The van der Waals surface area contributed by atoms with Crippen molar-refractivity contribution < 1.29 is 22.7 Å². The monoisotopic (exact) mass is 393 g/mol. The molecule has 0 saturated heterocycles. The number of alkyl halides is 3. The van der Waals surface area contributed by atoms with E-state index in [4.69, 9.17) is 0 Å². The van der Waals surface area contributed by atoms with Crippen LogP contribution in [0.2, 0.25) is 0 Å². The van der Waals surface area contributed by atoms with Crippen molar-refractivity contribution in [1.82, 2.24) is 19.7 Å². The number of hydrogen-bond acceptors (Lipinski definition) is 5. The number of carbonyl (C=O) groups excluding carboxylic acids is 1. The van der Waals surface area contributed by atoms with Crippen molar-refractivity contribution in [3.05, 3.63) is 42.4 Å². The van der Waals surface area contributed by atoms with E-state index in [0.717, 1.165) is 5.56 Å². The van der Waals surface area contributed by atoms with Crippen molar-refractivity contribution in [2.45, 2.75) is 26.6 Å². The van der Waals surface area contributed by atoms with Crippen LogP contribution in [-0.4, -0.2) is 38.4 Å². The molecule has 3 rings (SSSR count). The number of rotatable bonds is 6. The summed E-state index contributed by atoms with van der Waals surface area (Å²) in [6.07, 6.45) is 0.320. The quantitative estimate of drug-likeness (QED) is 0.694. The normalized spacial score (nSPS) is 11.8. The molecule has 0 aliphatic heterocycles. The molecule has 0 unspecified atom stereocenters. The smallest absolute Gasteiger partial charge is 0.422 e. The molecule has 0 aliphatic rings. The van der Waals surface area contributed by atoms with Gasteiger partial charge in [0.1, 0.15) is 5.82 Å². The summed E-state index contributed by atoms with van der Waals surface area (Å²) >= 11 is 0. The lowest BCUT2D eigenvalue weighted by Crippen LogP contribution is -2.19. The highest BCUT2D eigenvalue weighted by atomic mass is 19.4. The van der Waals surface area contributed by atoms with Gasteiger partial charge in [-0.25, -0.2) is 9.97 Å². The zero-order valence-electron chi connectivity index (χ0n) is 15.2. The molecule has 0 bridgehead atoms. The predicted octanol–water partition coefficient (Wildman–Crippen LogP) is 3.41. The Morgan fingerprint density at radius 2 is 2.04 bits per heavy atom. The van der Waals surface area contributed by atoms with Gasteiger partial charge in [-0.15, -0.1) is 0 Å². The number of halogens is 3. The number of aromatic nitrogens is 4. The molecule has 3 aromatic heterocycles. The Bertz CT molecular complexity index is 968. The van der Waals surface area contributed by atoms with Gasteiger partial charge in [-0.1, -0.05) is 19.9 Å². The molecule has 0 atom stereocenters. The van der Waals surface area contributed by atoms with Crippen LogP contribution in [0.25, 0.3) is 10.9 Å². The van der Waals surface area contributed by atoms with Crippen molar-refractivity contribution in [2.24, 2.45) is 5.92 Å². The summed E-state index contributed by atoms with van der Waals surface area (Å²) in [6, 6.07) is 4.72. The van der Waals surface area contributed by atoms with Crippen LogP contribution in [0.5, 0.6) is 5.88 Å². The third-order valence-electron chi connectivity index (χ3n) is 3.77. The molecule has 0 saturated carbocycles. The van der Waals surface area contributed by atoms with Gasteiger partial charge in [0.15, 0.2) is 6.61 Å². The maximum Gasteiger partial charge on any atom is 0.422 e. The maximum atomic E-state index is 12.2. The average Bonchev–Trinajstić information content (AvgIpc) is 3.04. The second-order valence-corrected chi connectivity index (χ2v) is 6.47. The van der Waals surface area contributed by atoms with Gasteiger partial charge in [-0.3, -0.25) is 9.48 Å². The van der Waals surface area contributed by atoms with Gasteiger partial charge >= 0.3 is 6.18 Å². The Hall–Kier alpha value is -3.17. The molecule has 7 nitrogen and oxygen atoms in total. The Balaban J connectivity index is 1.73. The third kappa shape index (κ3) is 4.96. The minimum absolute atomic E-state index is 0.102. The van der Waals surface area contributed by atoms with Crippen molar-refractivity contribution in [3.8, 4) is 5.88 Å². The van der Waals surface area contributed by atoms with E-state index in [1.807, 2.05) is 0 Å². The van der Waals surface area contributed by atoms with Crippen LogP contribution in [0, 0.1) is 5.92 Å². The first-order valence-electron chi connectivity index (χ1n) is 8.49. The van der Waals surface area contributed by atoms with Gasteiger partial charge in [0.25, 0.3) is 0 Å². The highest BCUT2D eigenvalue weighted by Crippen LogP contribution is 2.21. The number of pyridine rings is 2. The van der Waals surface area contributed by atoms with Gasteiger partial charge in [0.05, 0.1) is 17.4 Å². The summed E-state index contributed by atoms with van der Waals surface area (Å²) in [6.45, 7) is 2.53.